The number of rotatable bonds is 7. The zero-order chi connectivity index (χ0) is 26.1. The van der Waals surface area contributed by atoms with E-state index in [9.17, 15) is 13.2 Å². The third-order valence-electron chi connectivity index (χ3n) is 6.93. The topological polar surface area (TPSA) is 101 Å². The number of benzene rings is 1. The van der Waals surface area contributed by atoms with E-state index in [4.69, 9.17) is 4.74 Å². The first kappa shape index (κ1) is 25.6. The van der Waals surface area contributed by atoms with Gasteiger partial charge in [0.15, 0.2) is 5.03 Å². The summed E-state index contributed by atoms with van der Waals surface area (Å²) in [6, 6.07) is 15.2. The lowest BCUT2D eigenvalue weighted by Crippen LogP contribution is -2.43. The minimum atomic E-state index is -4.27. The standard InChI is InChI=1S/C27H32N4O4S/c1-18(2)20-10-6-7-12-22(20)35-23-13-8-14-24(29-23)36(33,34)30-26(32)21-11-9-16-28-25(21)31-17-15-19(3)27(31,4)5/h6-14,16,18-19H,15,17H2,1-5H3,(H,30,32). The van der Waals surface area contributed by atoms with Crippen molar-refractivity contribution in [3.05, 3.63) is 71.9 Å². The maximum absolute atomic E-state index is 13.2. The molecule has 0 bridgehead atoms. The molecular formula is C27H32N4O4S. The lowest BCUT2D eigenvalue weighted by Gasteiger charge is -2.36. The highest BCUT2D eigenvalue weighted by molar-refractivity contribution is 7.90. The summed E-state index contributed by atoms with van der Waals surface area (Å²) in [6.45, 7) is 11.2. The van der Waals surface area contributed by atoms with Crippen molar-refractivity contribution in [2.45, 2.75) is 57.5 Å². The van der Waals surface area contributed by atoms with Gasteiger partial charge < -0.3 is 9.64 Å². The van der Waals surface area contributed by atoms with Gasteiger partial charge in [-0.25, -0.2) is 9.71 Å². The largest absolute Gasteiger partial charge is 0.439 e. The van der Waals surface area contributed by atoms with Crippen molar-refractivity contribution in [1.82, 2.24) is 14.7 Å². The Morgan fingerprint density at radius 2 is 1.86 bits per heavy atom. The van der Waals surface area contributed by atoms with Crippen LogP contribution in [-0.2, 0) is 10.0 Å². The molecule has 0 aliphatic carbocycles. The van der Waals surface area contributed by atoms with E-state index in [0.29, 0.717) is 17.5 Å². The fourth-order valence-electron chi connectivity index (χ4n) is 4.39. The number of amides is 1. The lowest BCUT2D eigenvalue weighted by atomic mass is 9.90. The first-order valence-corrected chi connectivity index (χ1v) is 13.5. The molecule has 0 radical (unpaired) electrons. The van der Waals surface area contributed by atoms with E-state index in [2.05, 4.69) is 40.4 Å². The Morgan fingerprint density at radius 3 is 2.56 bits per heavy atom. The fraction of sp³-hybridized carbons (Fsp3) is 0.370. The Morgan fingerprint density at radius 1 is 1.11 bits per heavy atom. The second-order valence-electron chi connectivity index (χ2n) is 9.91. The molecule has 8 nitrogen and oxygen atoms in total. The van der Waals surface area contributed by atoms with E-state index >= 15 is 0 Å². The van der Waals surface area contributed by atoms with Crippen molar-refractivity contribution in [2.75, 3.05) is 11.4 Å². The van der Waals surface area contributed by atoms with Crippen LogP contribution >= 0.6 is 0 Å². The molecular weight excluding hydrogens is 476 g/mol. The Bertz CT molecular complexity index is 1370. The summed E-state index contributed by atoms with van der Waals surface area (Å²) in [7, 11) is -4.27. The number of carbonyl (C=O) groups excluding carboxylic acids is 1. The molecule has 1 aromatic carbocycles. The van der Waals surface area contributed by atoms with E-state index < -0.39 is 15.9 Å². The van der Waals surface area contributed by atoms with E-state index in [1.54, 1.807) is 24.4 Å². The molecule has 1 N–H and O–H groups in total. The molecule has 1 aliphatic rings. The number of para-hydroxylation sites is 1. The third kappa shape index (κ3) is 5.06. The average Bonchev–Trinajstić information content (AvgIpc) is 3.11. The number of anilines is 1. The smallest absolute Gasteiger partial charge is 0.281 e. The van der Waals surface area contributed by atoms with Crippen molar-refractivity contribution < 1.29 is 17.9 Å². The highest BCUT2D eigenvalue weighted by Crippen LogP contribution is 2.38. The molecule has 3 aromatic rings. The molecule has 9 heteroatoms. The van der Waals surface area contributed by atoms with Crippen LogP contribution in [0.5, 0.6) is 11.6 Å². The first-order valence-electron chi connectivity index (χ1n) is 12.0. The fourth-order valence-corrected chi connectivity index (χ4v) is 5.32. The second-order valence-corrected chi connectivity index (χ2v) is 11.5. The van der Waals surface area contributed by atoms with Gasteiger partial charge in [-0.2, -0.15) is 13.4 Å². The number of aromatic nitrogens is 2. The Labute approximate surface area is 212 Å². The molecule has 1 unspecified atom stereocenters. The normalized spacial score (nSPS) is 17.3. The molecule has 0 saturated carbocycles. The SMILES string of the molecule is CC(C)c1ccccc1Oc1cccc(S(=O)(=O)NC(=O)c2cccnc2N2CCC(C)C2(C)C)n1. The van der Waals surface area contributed by atoms with Crippen molar-refractivity contribution >= 4 is 21.7 Å². The van der Waals surface area contributed by atoms with Crippen molar-refractivity contribution in [3.8, 4) is 11.6 Å². The van der Waals surface area contributed by atoms with Gasteiger partial charge in [-0.3, -0.25) is 4.79 Å². The second kappa shape index (κ2) is 9.89. The lowest BCUT2D eigenvalue weighted by molar-refractivity contribution is 0.0981. The van der Waals surface area contributed by atoms with E-state index in [0.717, 1.165) is 18.5 Å². The minimum Gasteiger partial charge on any atom is -0.439 e. The molecule has 1 aliphatic heterocycles. The predicted molar refractivity (Wildman–Crippen MR) is 139 cm³/mol. The summed E-state index contributed by atoms with van der Waals surface area (Å²) in [6.07, 6.45) is 2.57. The van der Waals surface area contributed by atoms with Crippen LogP contribution in [0.4, 0.5) is 5.82 Å². The molecule has 2 aromatic heterocycles. The molecule has 190 valence electrons. The van der Waals surface area contributed by atoms with Crippen LogP contribution in [-0.4, -0.2) is 36.4 Å². The number of hydrogen-bond donors (Lipinski definition) is 1. The number of hydrogen-bond acceptors (Lipinski definition) is 7. The highest BCUT2D eigenvalue weighted by atomic mass is 32.2. The quantitative estimate of drug-likeness (QED) is 0.472. The van der Waals surface area contributed by atoms with Gasteiger partial charge >= 0.3 is 0 Å². The molecule has 1 amide bonds. The van der Waals surface area contributed by atoms with Gasteiger partial charge in [0, 0.05) is 24.3 Å². The number of sulfonamides is 1. The summed E-state index contributed by atoms with van der Waals surface area (Å²) >= 11 is 0. The molecule has 4 rings (SSSR count). The van der Waals surface area contributed by atoms with Gasteiger partial charge in [-0.05, 0) is 61.9 Å². The number of carbonyl (C=O) groups is 1. The van der Waals surface area contributed by atoms with Gasteiger partial charge in [-0.1, -0.05) is 45.0 Å². The first-order chi connectivity index (χ1) is 17.0. The maximum atomic E-state index is 13.2. The monoisotopic (exact) mass is 508 g/mol. The zero-order valence-electron chi connectivity index (χ0n) is 21.2. The molecule has 1 atom stereocenters. The molecule has 3 heterocycles. The summed E-state index contributed by atoms with van der Waals surface area (Å²) in [5, 5.41) is -0.309. The van der Waals surface area contributed by atoms with Crippen LogP contribution in [0.1, 0.15) is 62.9 Å². The summed E-state index contributed by atoms with van der Waals surface area (Å²) in [5.41, 5.74) is 0.951. The Hall–Kier alpha value is -3.46. The number of nitrogens with zero attached hydrogens (tertiary/aromatic N) is 3. The maximum Gasteiger partial charge on any atom is 0.281 e. The Kier molecular flexibility index (Phi) is 7.04. The predicted octanol–water partition coefficient (Wildman–Crippen LogP) is 5.14. The van der Waals surface area contributed by atoms with Crippen LogP contribution in [0.15, 0.2) is 65.8 Å². The summed E-state index contributed by atoms with van der Waals surface area (Å²) in [5.74, 6) is 1.03. The molecule has 0 spiro atoms. The summed E-state index contributed by atoms with van der Waals surface area (Å²) < 4.78 is 34.3. The van der Waals surface area contributed by atoms with Gasteiger partial charge in [-0.15, -0.1) is 0 Å². The van der Waals surface area contributed by atoms with Crippen molar-refractivity contribution in [2.24, 2.45) is 5.92 Å². The number of pyridine rings is 2. The number of ether oxygens (including phenoxy) is 1. The molecule has 36 heavy (non-hydrogen) atoms. The highest BCUT2D eigenvalue weighted by Gasteiger charge is 2.40. The van der Waals surface area contributed by atoms with Crippen LogP contribution < -0.4 is 14.4 Å². The van der Waals surface area contributed by atoms with Crippen LogP contribution in [0.25, 0.3) is 0 Å². The van der Waals surface area contributed by atoms with Gasteiger partial charge in [0.25, 0.3) is 15.9 Å². The summed E-state index contributed by atoms with van der Waals surface area (Å²) in [4.78, 5) is 23.9. The van der Waals surface area contributed by atoms with Crippen LogP contribution in [0.3, 0.4) is 0 Å². The number of nitrogens with one attached hydrogen (secondary N) is 1. The van der Waals surface area contributed by atoms with E-state index in [-0.39, 0.29) is 27.9 Å². The molecule has 1 saturated heterocycles. The van der Waals surface area contributed by atoms with E-state index in [1.165, 1.54) is 12.1 Å². The zero-order valence-corrected chi connectivity index (χ0v) is 22.0. The van der Waals surface area contributed by atoms with Crippen molar-refractivity contribution in [3.63, 3.8) is 0 Å². The van der Waals surface area contributed by atoms with Gasteiger partial charge in [0.2, 0.25) is 5.88 Å². The van der Waals surface area contributed by atoms with Crippen molar-refractivity contribution in [1.29, 1.82) is 0 Å². The van der Waals surface area contributed by atoms with Gasteiger partial charge in [0.05, 0.1) is 5.56 Å². The van der Waals surface area contributed by atoms with Gasteiger partial charge in [0.1, 0.15) is 11.6 Å². The van der Waals surface area contributed by atoms with Crippen LogP contribution in [0.2, 0.25) is 0 Å². The van der Waals surface area contributed by atoms with Crippen LogP contribution in [0, 0.1) is 5.92 Å². The average molecular weight is 509 g/mol. The van der Waals surface area contributed by atoms with E-state index in [1.807, 2.05) is 38.1 Å². The Balaban J connectivity index is 1.58. The third-order valence-corrected chi connectivity index (χ3v) is 8.16. The minimum absolute atomic E-state index is 0.119. The molecule has 1 fully saturated rings.